The lowest BCUT2D eigenvalue weighted by molar-refractivity contribution is -0.123. The normalized spacial score (nSPS) is 11.4. The molecule has 0 aromatic heterocycles. The quantitative estimate of drug-likeness (QED) is 0.404. The molecule has 0 atom stereocenters. The molecule has 7 heteroatoms. The number of ether oxygens (including phenoxy) is 3. The van der Waals surface area contributed by atoms with Crippen LogP contribution < -0.4 is 19.6 Å². The van der Waals surface area contributed by atoms with E-state index in [4.69, 9.17) is 14.2 Å². The number of hydrogen-bond acceptors (Lipinski definition) is 5. The summed E-state index contributed by atoms with van der Waals surface area (Å²) in [5.74, 6) is 1.55. The van der Waals surface area contributed by atoms with Gasteiger partial charge in [0.05, 0.1) is 24.4 Å². The fourth-order valence-corrected chi connectivity index (χ4v) is 3.03. The van der Waals surface area contributed by atoms with Crippen molar-refractivity contribution in [1.82, 2.24) is 5.43 Å². The molecule has 0 spiro atoms. The molecule has 0 aliphatic heterocycles. The van der Waals surface area contributed by atoms with Gasteiger partial charge in [0.2, 0.25) is 0 Å². The van der Waals surface area contributed by atoms with Gasteiger partial charge in [0.15, 0.2) is 18.1 Å². The van der Waals surface area contributed by atoms with Crippen molar-refractivity contribution in [2.24, 2.45) is 5.10 Å². The van der Waals surface area contributed by atoms with Crippen LogP contribution in [0, 0.1) is 0 Å². The molecule has 1 N–H and O–H groups in total. The first-order chi connectivity index (χ1) is 14.2. The Balaban J connectivity index is 1.89. The molecule has 0 fully saturated rings. The zero-order valence-corrected chi connectivity index (χ0v) is 19.7. The Bertz CT molecular complexity index is 891. The van der Waals surface area contributed by atoms with Gasteiger partial charge in [-0.15, -0.1) is 0 Å². The second-order valence-electron chi connectivity index (χ2n) is 7.74. The van der Waals surface area contributed by atoms with E-state index in [0.717, 1.165) is 16.5 Å². The predicted octanol–water partition coefficient (Wildman–Crippen LogP) is 5.07. The van der Waals surface area contributed by atoms with E-state index < -0.39 is 0 Å². The Morgan fingerprint density at radius 2 is 1.83 bits per heavy atom. The minimum Gasteiger partial charge on any atom is -0.493 e. The van der Waals surface area contributed by atoms with Crippen LogP contribution in [-0.2, 0) is 10.2 Å². The number of hydrogen-bond donors (Lipinski definition) is 1. The predicted molar refractivity (Wildman–Crippen MR) is 123 cm³/mol. The van der Waals surface area contributed by atoms with E-state index in [1.54, 1.807) is 13.2 Å². The van der Waals surface area contributed by atoms with E-state index in [1.165, 1.54) is 11.8 Å². The number of hydrazone groups is 1. The number of nitrogens with one attached hydrogen (secondary N) is 1. The number of halogens is 1. The van der Waals surface area contributed by atoms with Crippen molar-refractivity contribution in [2.75, 3.05) is 20.3 Å². The van der Waals surface area contributed by atoms with Gasteiger partial charge in [-0.1, -0.05) is 33.8 Å². The van der Waals surface area contributed by atoms with E-state index in [2.05, 4.69) is 47.2 Å². The minimum absolute atomic E-state index is 0.0378. The standard InChI is InChI=1S/C23H29BrN2O4/c1-6-11-29-20-9-7-16(12-21(20)28-5)14-25-26-22(27)15-30-19-10-8-17(13-18(19)24)23(2,3)4/h7-10,12-14H,6,11,15H2,1-5H3,(H,26,27)/b25-14+. The number of carbonyl (C=O) groups is 1. The zero-order chi connectivity index (χ0) is 22.1. The van der Waals surface area contributed by atoms with Crippen LogP contribution in [0.1, 0.15) is 45.2 Å². The van der Waals surface area contributed by atoms with E-state index in [0.29, 0.717) is 23.9 Å². The fraction of sp³-hybridized carbons (Fsp3) is 0.391. The van der Waals surface area contributed by atoms with Gasteiger partial charge in [0.25, 0.3) is 5.91 Å². The van der Waals surface area contributed by atoms with Crippen molar-refractivity contribution in [3.63, 3.8) is 0 Å². The lowest BCUT2D eigenvalue weighted by atomic mass is 9.87. The van der Waals surface area contributed by atoms with Gasteiger partial charge in [-0.05, 0) is 69.2 Å². The molecule has 0 heterocycles. The molecule has 2 aromatic carbocycles. The number of methoxy groups -OCH3 is 1. The van der Waals surface area contributed by atoms with Crippen molar-refractivity contribution >= 4 is 28.1 Å². The molecule has 0 aliphatic rings. The molecule has 0 bridgehead atoms. The van der Waals surface area contributed by atoms with Crippen LogP contribution in [0.5, 0.6) is 17.2 Å². The van der Waals surface area contributed by atoms with Crippen LogP contribution in [-0.4, -0.2) is 32.4 Å². The maximum absolute atomic E-state index is 12.0. The first-order valence-electron chi connectivity index (χ1n) is 9.80. The molecule has 162 valence electrons. The zero-order valence-electron chi connectivity index (χ0n) is 18.1. The molecule has 0 aliphatic carbocycles. The van der Waals surface area contributed by atoms with E-state index in [9.17, 15) is 4.79 Å². The highest BCUT2D eigenvalue weighted by Crippen LogP contribution is 2.31. The highest BCUT2D eigenvalue weighted by atomic mass is 79.9. The fourth-order valence-electron chi connectivity index (χ4n) is 2.53. The number of benzene rings is 2. The highest BCUT2D eigenvalue weighted by molar-refractivity contribution is 9.10. The molecule has 1 amide bonds. The Morgan fingerprint density at radius 1 is 1.10 bits per heavy atom. The smallest absolute Gasteiger partial charge is 0.277 e. The Kier molecular flexibility index (Phi) is 8.72. The Morgan fingerprint density at radius 3 is 2.47 bits per heavy atom. The molecule has 0 radical (unpaired) electrons. The average Bonchev–Trinajstić information content (AvgIpc) is 2.71. The van der Waals surface area contributed by atoms with E-state index in [1.807, 2.05) is 37.3 Å². The van der Waals surface area contributed by atoms with E-state index in [-0.39, 0.29) is 17.9 Å². The monoisotopic (exact) mass is 476 g/mol. The van der Waals surface area contributed by atoms with E-state index >= 15 is 0 Å². The summed E-state index contributed by atoms with van der Waals surface area (Å²) in [5, 5.41) is 3.98. The van der Waals surface area contributed by atoms with Gasteiger partial charge < -0.3 is 14.2 Å². The summed E-state index contributed by atoms with van der Waals surface area (Å²) in [6.07, 6.45) is 2.45. The maximum atomic E-state index is 12.0. The lowest BCUT2D eigenvalue weighted by Gasteiger charge is -2.20. The Hall–Kier alpha value is -2.54. The highest BCUT2D eigenvalue weighted by Gasteiger charge is 2.15. The van der Waals surface area contributed by atoms with Crippen molar-refractivity contribution in [2.45, 2.75) is 39.5 Å². The molecular weight excluding hydrogens is 448 g/mol. The van der Waals surface area contributed by atoms with Crippen molar-refractivity contribution in [3.05, 3.63) is 52.0 Å². The van der Waals surface area contributed by atoms with Gasteiger partial charge in [0.1, 0.15) is 5.75 Å². The second kappa shape index (κ2) is 11.0. The summed E-state index contributed by atoms with van der Waals surface area (Å²) < 4.78 is 17.4. The first kappa shape index (κ1) is 23.7. The minimum atomic E-state index is -0.354. The SMILES string of the molecule is CCCOc1ccc(/C=N/NC(=O)COc2ccc(C(C)(C)C)cc2Br)cc1OC. The van der Waals surface area contributed by atoms with Crippen LogP contribution in [0.25, 0.3) is 0 Å². The Labute approximate surface area is 186 Å². The summed E-state index contributed by atoms with van der Waals surface area (Å²) in [7, 11) is 1.58. The molecule has 0 saturated carbocycles. The van der Waals surface area contributed by atoms with Crippen LogP contribution in [0.3, 0.4) is 0 Å². The summed E-state index contributed by atoms with van der Waals surface area (Å²) in [6, 6.07) is 11.3. The number of amides is 1. The third-order valence-corrected chi connectivity index (χ3v) is 4.83. The summed E-state index contributed by atoms with van der Waals surface area (Å²) in [4.78, 5) is 12.0. The molecule has 2 rings (SSSR count). The molecule has 30 heavy (non-hydrogen) atoms. The molecule has 0 saturated heterocycles. The number of carbonyl (C=O) groups excluding carboxylic acids is 1. The molecule has 2 aromatic rings. The number of rotatable bonds is 9. The van der Waals surface area contributed by atoms with Crippen LogP contribution >= 0.6 is 15.9 Å². The van der Waals surface area contributed by atoms with Gasteiger partial charge in [-0.25, -0.2) is 5.43 Å². The van der Waals surface area contributed by atoms with Gasteiger partial charge >= 0.3 is 0 Å². The summed E-state index contributed by atoms with van der Waals surface area (Å²) in [5.41, 5.74) is 4.45. The number of nitrogens with zero attached hydrogens (tertiary/aromatic N) is 1. The largest absolute Gasteiger partial charge is 0.493 e. The lowest BCUT2D eigenvalue weighted by Crippen LogP contribution is -2.24. The average molecular weight is 477 g/mol. The maximum Gasteiger partial charge on any atom is 0.277 e. The van der Waals surface area contributed by atoms with Crippen molar-refractivity contribution in [3.8, 4) is 17.2 Å². The third kappa shape index (κ3) is 7.06. The first-order valence-corrected chi connectivity index (χ1v) is 10.6. The van der Waals surface area contributed by atoms with Gasteiger partial charge in [-0.3, -0.25) is 4.79 Å². The van der Waals surface area contributed by atoms with Crippen LogP contribution in [0.15, 0.2) is 46.0 Å². The molecule has 6 nitrogen and oxygen atoms in total. The summed E-state index contributed by atoms with van der Waals surface area (Å²) in [6.45, 7) is 8.94. The topological polar surface area (TPSA) is 69.2 Å². The summed E-state index contributed by atoms with van der Waals surface area (Å²) >= 11 is 3.50. The van der Waals surface area contributed by atoms with Gasteiger partial charge in [0, 0.05) is 0 Å². The van der Waals surface area contributed by atoms with Crippen LogP contribution in [0.4, 0.5) is 0 Å². The molecular formula is C23H29BrN2O4. The third-order valence-electron chi connectivity index (χ3n) is 4.21. The van der Waals surface area contributed by atoms with Crippen LogP contribution in [0.2, 0.25) is 0 Å². The van der Waals surface area contributed by atoms with Crippen molar-refractivity contribution in [1.29, 1.82) is 0 Å². The molecule has 0 unspecified atom stereocenters. The van der Waals surface area contributed by atoms with Gasteiger partial charge in [-0.2, -0.15) is 5.10 Å². The van der Waals surface area contributed by atoms with Crippen molar-refractivity contribution < 1.29 is 19.0 Å². The second-order valence-corrected chi connectivity index (χ2v) is 8.59.